The minimum atomic E-state index is -0.643. The number of aromatic hydroxyl groups is 1. The fourth-order valence-corrected chi connectivity index (χ4v) is 2.15. The van der Waals surface area contributed by atoms with Crippen molar-refractivity contribution in [3.63, 3.8) is 0 Å². The van der Waals surface area contributed by atoms with Gasteiger partial charge in [-0.05, 0) is 42.5 Å². The number of hydrogen-bond donors (Lipinski definition) is 2. The monoisotopic (exact) mass is 317 g/mol. The zero-order valence-corrected chi connectivity index (χ0v) is 11.8. The molecule has 0 spiro atoms. The largest absolute Gasteiger partial charge is 0.493 e. The van der Waals surface area contributed by atoms with Gasteiger partial charge in [0.05, 0.1) is 5.52 Å². The molecule has 1 amide bonds. The summed E-state index contributed by atoms with van der Waals surface area (Å²) in [5.74, 6) is -1.30. The number of H-pyrrole nitrogens is 1. The number of azo groups is 1. The summed E-state index contributed by atoms with van der Waals surface area (Å²) < 4.78 is 12.8. The molecule has 2 N–H and O–H groups in total. The van der Waals surface area contributed by atoms with Crippen LogP contribution in [0.15, 0.2) is 52.7 Å². The fraction of sp³-hybridized carbons (Fsp3) is 0. The molecule has 0 saturated heterocycles. The molecule has 22 heavy (non-hydrogen) atoms. The van der Waals surface area contributed by atoms with E-state index in [9.17, 15) is 14.3 Å². The van der Waals surface area contributed by atoms with Crippen LogP contribution in [-0.4, -0.2) is 16.0 Å². The summed E-state index contributed by atoms with van der Waals surface area (Å²) in [5.41, 5.74) is 0.931. The van der Waals surface area contributed by atoms with Crippen molar-refractivity contribution >= 4 is 34.1 Å². The van der Waals surface area contributed by atoms with E-state index in [0.29, 0.717) is 15.9 Å². The van der Waals surface area contributed by atoms with Crippen LogP contribution in [0.5, 0.6) is 5.88 Å². The van der Waals surface area contributed by atoms with E-state index >= 15 is 0 Å². The van der Waals surface area contributed by atoms with Gasteiger partial charge in [0.15, 0.2) is 5.69 Å². The minimum Gasteiger partial charge on any atom is -0.493 e. The van der Waals surface area contributed by atoms with Gasteiger partial charge in [0.1, 0.15) is 5.82 Å². The summed E-state index contributed by atoms with van der Waals surface area (Å²) >= 11 is 5.90. The zero-order chi connectivity index (χ0) is 15.7. The number of hydrogen-bond acceptors (Lipinski definition) is 3. The van der Waals surface area contributed by atoms with Gasteiger partial charge < -0.3 is 10.1 Å². The van der Waals surface area contributed by atoms with Crippen LogP contribution in [-0.2, 0) is 0 Å². The van der Waals surface area contributed by atoms with Crippen LogP contribution in [0.4, 0.5) is 10.1 Å². The highest BCUT2D eigenvalue weighted by atomic mass is 35.5. The van der Waals surface area contributed by atoms with E-state index in [-0.39, 0.29) is 17.1 Å². The number of benzene rings is 2. The highest BCUT2D eigenvalue weighted by Crippen LogP contribution is 2.36. The van der Waals surface area contributed by atoms with E-state index in [0.717, 1.165) is 12.1 Å². The minimum absolute atomic E-state index is 0.118. The highest BCUT2D eigenvalue weighted by molar-refractivity contribution is 6.31. The fourth-order valence-electron chi connectivity index (χ4n) is 1.98. The van der Waals surface area contributed by atoms with Crippen LogP contribution in [0.3, 0.4) is 0 Å². The summed E-state index contributed by atoms with van der Waals surface area (Å²) in [7, 11) is 0. The van der Waals surface area contributed by atoms with Crippen LogP contribution in [0.2, 0.25) is 5.02 Å². The molecule has 7 heteroatoms. The number of amides is 1. The van der Waals surface area contributed by atoms with Gasteiger partial charge in [0, 0.05) is 16.0 Å². The molecule has 3 aromatic rings. The summed E-state index contributed by atoms with van der Waals surface area (Å²) in [6, 6.07) is 9.87. The average molecular weight is 318 g/mol. The third-order valence-electron chi connectivity index (χ3n) is 3.05. The van der Waals surface area contributed by atoms with Gasteiger partial charge in [-0.3, -0.25) is 4.79 Å². The van der Waals surface area contributed by atoms with Crippen molar-refractivity contribution in [2.75, 3.05) is 0 Å². The third kappa shape index (κ3) is 2.68. The van der Waals surface area contributed by atoms with Crippen LogP contribution in [0.25, 0.3) is 10.9 Å². The number of aromatic amines is 1. The summed E-state index contributed by atoms with van der Waals surface area (Å²) in [6.07, 6.45) is 0. The topological polar surface area (TPSA) is 77.8 Å². The van der Waals surface area contributed by atoms with Gasteiger partial charge in [-0.1, -0.05) is 11.6 Å². The highest BCUT2D eigenvalue weighted by Gasteiger charge is 2.12. The molecular weight excluding hydrogens is 309 g/mol. The molecule has 0 aliphatic heterocycles. The van der Waals surface area contributed by atoms with Gasteiger partial charge in [-0.2, -0.15) is 0 Å². The zero-order valence-electron chi connectivity index (χ0n) is 11.0. The molecule has 0 radical (unpaired) electrons. The molecule has 0 saturated carbocycles. The lowest BCUT2D eigenvalue weighted by atomic mass is 10.2. The van der Waals surface area contributed by atoms with E-state index < -0.39 is 11.7 Å². The Kier molecular flexibility index (Phi) is 3.60. The lowest BCUT2D eigenvalue weighted by Crippen LogP contribution is -1.93. The molecule has 5 nitrogen and oxygen atoms in total. The van der Waals surface area contributed by atoms with Gasteiger partial charge in [-0.25, -0.2) is 4.39 Å². The van der Waals surface area contributed by atoms with Crippen molar-refractivity contribution in [2.24, 2.45) is 10.2 Å². The van der Waals surface area contributed by atoms with Gasteiger partial charge in [-0.15, -0.1) is 10.2 Å². The maximum absolute atomic E-state index is 12.8. The first-order valence-electron chi connectivity index (χ1n) is 6.26. The molecule has 0 fully saturated rings. The van der Waals surface area contributed by atoms with Crippen LogP contribution in [0.1, 0.15) is 10.4 Å². The van der Waals surface area contributed by atoms with E-state index in [2.05, 4.69) is 15.2 Å². The molecule has 0 aliphatic rings. The van der Waals surface area contributed by atoms with Crippen molar-refractivity contribution in [3.8, 4) is 5.88 Å². The number of nitrogens with zero attached hydrogens (tertiary/aromatic N) is 2. The van der Waals surface area contributed by atoms with Crippen LogP contribution < -0.4 is 0 Å². The van der Waals surface area contributed by atoms with Gasteiger partial charge >= 0.3 is 0 Å². The van der Waals surface area contributed by atoms with E-state index in [1.807, 2.05) is 0 Å². The van der Waals surface area contributed by atoms with E-state index in [1.54, 1.807) is 18.2 Å². The lowest BCUT2D eigenvalue weighted by molar-refractivity contribution is 0.0995. The van der Waals surface area contributed by atoms with E-state index in [4.69, 9.17) is 11.6 Å². The molecule has 2 aromatic carbocycles. The Morgan fingerprint density at radius 3 is 2.64 bits per heavy atom. The molecular formula is C15H9ClFN3O2. The molecule has 0 aliphatic carbocycles. The van der Waals surface area contributed by atoms with Crippen molar-refractivity contribution in [1.29, 1.82) is 0 Å². The number of carbonyl (C=O) groups excluding carboxylic acids is 1. The first kappa shape index (κ1) is 14.2. The third-order valence-corrected chi connectivity index (χ3v) is 3.28. The molecule has 0 unspecified atom stereocenters. The van der Waals surface area contributed by atoms with Crippen molar-refractivity contribution in [1.82, 2.24) is 4.98 Å². The smallest absolute Gasteiger partial charge is 0.295 e. The van der Waals surface area contributed by atoms with E-state index in [1.165, 1.54) is 12.1 Å². The maximum atomic E-state index is 12.8. The van der Waals surface area contributed by atoms with Crippen LogP contribution >= 0.6 is 11.6 Å². The average Bonchev–Trinajstić information content (AvgIpc) is 2.80. The van der Waals surface area contributed by atoms with Crippen molar-refractivity contribution < 1.29 is 14.3 Å². The molecule has 3 rings (SSSR count). The molecule has 1 aromatic heterocycles. The van der Waals surface area contributed by atoms with Gasteiger partial charge in [0.2, 0.25) is 5.88 Å². The number of halogens is 2. The Morgan fingerprint density at radius 2 is 1.91 bits per heavy atom. The Hall–Kier alpha value is -2.73. The predicted molar refractivity (Wildman–Crippen MR) is 80.2 cm³/mol. The number of rotatable bonds is 2. The summed E-state index contributed by atoms with van der Waals surface area (Å²) in [6.45, 7) is 0. The SMILES string of the molecule is O=C(N=Nc1c(O)[nH]c2ccc(Cl)cc12)c1ccc(F)cc1. The quantitative estimate of drug-likeness (QED) is 0.678. The second-order valence-electron chi connectivity index (χ2n) is 4.52. The molecule has 0 atom stereocenters. The van der Waals surface area contributed by atoms with Crippen LogP contribution in [0, 0.1) is 5.82 Å². The summed E-state index contributed by atoms with van der Waals surface area (Å²) in [5, 5.41) is 18.2. The Morgan fingerprint density at radius 1 is 1.18 bits per heavy atom. The Labute approximate surface area is 129 Å². The molecule has 0 bridgehead atoms. The molecule has 110 valence electrons. The number of fused-ring (bicyclic) bond motifs is 1. The van der Waals surface area contributed by atoms with Crippen molar-refractivity contribution in [2.45, 2.75) is 0 Å². The van der Waals surface area contributed by atoms with Gasteiger partial charge in [0.25, 0.3) is 5.91 Å². The maximum Gasteiger partial charge on any atom is 0.295 e. The molecule has 1 heterocycles. The summed E-state index contributed by atoms with van der Waals surface area (Å²) in [4.78, 5) is 14.6. The number of nitrogens with one attached hydrogen (secondary N) is 1. The first-order chi connectivity index (χ1) is 10.5. The first-order valence-corrected chi connectivity index (χ1v) is 6.64. The number of aromatic nitrogens is 1. The van der Waals surface area contributed by atoms with Crippen molar-refractivity contribution in [3.05, 3.63) is 58.9 Å². The lowest BCUT2D eigenvalue weighted by Gasteiger charge is -1.95. The second kappa shape index (κ2) is 5.57. The predicted octanol–water partition coefficient (Wildman–Crippen LogP) is 4.59. The Bertz CT molecular complexity index is 888. The standard InChI is InChI=1S/C15H9ClFN3O2/c16-9-3-6-12-11(7-9)13(15(22)18-12)19-20-14(21)8-1-4-10(17)5-2-8/h1-7,18,22H. The second-order valence-corrected chi connectivity index (χ2v) is 4.96. The Balaban J connectivity index is 1.95. The normalized spacial score (nSPS) is 11.4. The number of carbonyl (C=O) groups is 1.